The molecule has 6 unspecified atom stereocenters. The summed E-state index contributed by atoms with van der Waals surface area (Å²) < 4.78 is 0. The van der Waals surface area contributed by atoms with E-state index in [4.69, 9.17) is 5.73 Å². The molecule has 3 amide bonds. The third-order valence-electron chi connectivity index (χ3n) is 6.09. The topological polar surface area (TPSA) is 200 Å². The van der Waals surface area contributed by atoms with Gasteiger partial charge in [-0.3, -0.25) is 14.4 Å². The smallest absolute Gasteiger partial charge is 0.328 e. The van der Waals surface area contributed by atoms with Crippen molar-refractivity contribution in [2.24, 2.45) is 11.7 Å². The van der Waals surface area contributed by atoms with Crippen molar-refractivity contribution in [1.29, 1.82) is 0 Å². The second kappa shape index (κ2) is 14.1. The largest absolute Gasteiger partial charge is 0.480 e. The molecule has 0 bridgehead atoms. The van der Waals surface area contributed by atoms with Gasteiger partial charge in [0.1, 0.15) is 12.1 Å². The van der Waals surface area contributed by atoms with Crippen LogP contribution in [-0.2, 0) is 32.0 Å². The molecule has 0 radical (unpaired) electrons. The number of hydrogen-bond donors (Lipinski definition) is 7. The predicted molar refractivity (Wildman–Crippen MR) is 135 cm³/mol. The van der Waals surface area contributed by atoms with Crippen LogP contribution in [-0.4, -0.2) is 74.1 Å². The molecule has 0 fully saturated rings. The number of carboxylic acid groups (broad SMARTS) is 1. The van der Waals surface area contributed by atoms with Crippen molar-refractivity contribution >= 4 is 23.7 Å². The molecule has 2 rings (SSSR count). The van der Waals surface area contributed by atoms with E-state index in [0.717, 1.165) is 5.56 Å². The third kappa shape index (κ3) is 8.99. The van der Waals surface area contributed by atoms with Crippen LogP contribution in [0.15, 0.2) is 42.9 Å². The molecular formula is C25H36N6O6. The Kier molecular flexibility index (Phi) is 11.2. The standard InChI is InChI=1S/C25H36N6O6/c1-4-14(2)20(24(35)31-21(15(3)32)25(36)37)30-23(34)19(10-16-8-6-5-7-9-16)29-22(33)18(26)11-17-12-27-13-28-17/h5-9,12-15,18-21,32H,4,10-11,26H2,1-3H3,(H,27,28)(H,29,33)(H,30,34)(H,31,35)(H,36,37). The lowest BCUT2D eigenvalue weighted by atomic mass is 9.96. The molecule has 0 aliphatic carbocycles. The van der Waals surface area contributed by atoms with E-state index < -0.39 is 54.0 Å². The van der Waals surface area contributed by atoms with Crippen LogP contribution in [0.5, 0.6) is 0 Å². The average molecular weight is 517 g/mol. The van der Waals surface area contributed by atoms with Gasteiger partial charge in [0, 0.05) is 24.7 Å². The van der Waals surface area contributed by atoms with Crippen LogP contribution in [0.4, 0.5) is 0 Å². The van der Waals surface area contributed by atoms with Crippen LogP contribution >= 0.6 is 0 Å². The molecule has 1 aromatic carbocycles. The van der Waals surface area contributed by atoms with Gasteiger partial charge in [-0.1, -0.05) is 50.6 Å². The summed E-state index contributed by atoms with van der Waals surface area (Å²) in [5.41, 5.74) is 7.48. The van der Waals surface area contributed by atoms with Gasteiger partial charge in [0.05, 0.1) is 18.5 Å². The number of carbonyl (C=O) groups excluding carboxylic acids is 3. The van der Waals surface area contributed by atoms with Crippen LogP contribution in [0.2, 0.25) is 0 Å². The van der Waals surface area contributed by atoms with E-state index >= 15 is 0 Å². The first-order valence-electron chi connectivity index (χ1n) is 12.1. The highest BCUT2D eigenvalue weighted by atomic mass is 16.4. The number of amides is 3. The molecule has 1 aromatic heterocycles. The lowest BCUT2D eigenvalue weighted by Crippen LogP contribution is -2.60. The molecule has 2 aromatic rings. The summed E-state index contributed by atoms with van der Waals surface area (Å²) in [6, 6.07) is 4.36. The lowest BCUT2D eigenvalue weighted by Gasteiger charge is -2.28. The minimum Gasteiger partial charge on any atom is -0.480 e. The molecule has 0 saturated heterocycles. The molecule has 12 nitrogen and oxygen atoms in total. The minimum absolute atomic E-state index is 0.134. The van der Waals surface area contributed by atoms with E-state index in [1.165, 1.54) is 13.3 Å². The van der Waals surface area contributed by atoms with Crippen molar-refractivity contribution in [3.05, 3.63) is 54.1 Å². The van der Waals surface area contributed by atoms with Gasteiger partial charge in [-0.25, -0.2) is 9.78 Å². The van der Waals surface area contributed by atoms with Crippen molar-refractivity contribution in [1.82, 2.24) is 25.9 Å². The number of aliphatic carboxylic acids is 1. The molecule has 1 heterocycles. The highest BCUT2D eigenvalue weighted by Crippen LogP contribution is 2.11. The van der Waals surface area contributed by atoms with Crippen molar-refractivity contribution in [3.8, 4) is 0 Å². The van der Waals surface area contributed by atoms with Crippen molar-refractivity contribution in [2.75, 3.05) is 0 Å². The maximum atomic E-state index is 13.4. The summed E-state index contributed by atoms with van der Waals surface area (Å²) in [4.78, 5) is 57.4. The van der Waals surface area contributed by atoms with Crippen molar-refractivity contribution in [3.63, 3.8) is 0 Å². The summed E-state index contributed by atoms with van der Waals surface area (Å²) in [6.07, 6.45) is 2.48. The van der Waals surface area contributed by atoms with Crippen LogP contribution in [0.3, 0.4) is 0 Å². The van der Waals surface area contributed by atoms with E-state index in [-0.39, 0.29) is 18.8 Å². The molecule has 202 valence electrons. The summed E-state index contributed by atoms with van der Waals surface area (Å²) in [5.74, 6) is -3.72. The Morgan fingerprint density at radius 3 is 2.16 bits per heavy atom. The molecule has 6 atom stereocenters. The Hall–Kier alpha value is -3.77. The molecule has 0 saturated carbocycles. The predicted octanol–water partition coefficient (Wildman–Crippen LogP) is -0.512. The third-order valence-corrected chi connectivity index (χ3v) is 6.09. The Bertz CT molecular complexity index is 1030. The number of rotatable bonds is 14. The van der Waals surface area contributed by atoms with Crippen LogP contribution in [0.1, 0.15) is 38.4 Å². The van der Waals surface area contributed by atoms with Gasteiger partial charge in [0.15, 0.2) is 6.04 Å². The molecule has 0 aliphatic rings. The van der Waals surface area contributed by atoms with Gasteiger partial charge in [-0.2, -0.15) is 0 Å². The van der Waals surface area contributed by atoms with E-state index in [0.29, 0.717) is 12.1 Å². The summed E-state index contributed by atoms with van der Waals surface area (Å²) >= 11 is 0. The molecule has 8 N–H and O–H groups in total. The Balaban J connectivity index is 2.22. The number of H-pyrrole nitrogens is 1. The highest BCUT2D eigenvalue weighted by Gasteiger charge is 2.34. The van der Waals surface area contributed by atoms with Gasteiger partial charge in [-0.05, 0) is 18.4 Å². The number of nitrogens with one attached hydrogen (secondary N) is 4. The first kappa shape index (κ1) is 29.5. The Morgan fingerprint density at radius 1 is 0.973 bits per heavy atom. The number of aliphatic hydroxyl groups is 1. The number of benzene rings is 1. The zero-order chi connectivity index (χ0) is 27.5. The maximum Gasteiger partial charge on any atom is 0.328 e. The highest BCUT2D eigenvalue weighted by molar-refractivity contribution is 5.94. The van der Waals surface area contributed by atoms with E-state index in [9.17, 15) is 29.4 Å². The zero-order valence-electron chi connectivity index (χ0n) is 21.2. The van der Waals surface area contributed by atoms with Crippen LogP contribution in [0, 0.1) is 5.92 Å². The minimum atomic E-state index is -1.55. The molecular weight excluding hydrogens is 480 g/mol. The van der Waals surface area contributed by atoms with Crippen LogP contribution < -0.4 is 21.7 Å². The number of hydrogen-bond acceptors (Lipinski definition) is 7. The summed E-state index contributed by atoms with van der Waals surface area (Å²) in [7, 11) is 0. The second-order valence-electron chi connectivity index (χ2n) is 9.08. The summed E-state index contributed by atoms with van der Waals surface area (Å²) in [5, 5.41) is 26.7. The van der Waals surface area contributed by atoms with E-state index in [1.807, 2.05) is 13.0 Å². The number of carboxylic acids is 1. The number of imidazole rings is 1. The van der Waals surface area contributed by atoms with Gasteiger partial charge in [0.25, 0.3) is 0 Å². The molecule has 37 heavy (non-hydrogen) atoms. The number of aliphatic hydroxyl groups excluding tert-OH is 1. The zero-order valence-corrected chi connectivity index (χ0v) is 21.2. The normalized spacial score (nSPS) is 15.9. The lowest BCUT2D eigenvalue weighted by molar-refractivity contribution is -0.145. The number of aromatic amines is 1. The monoisotopic (exact) mass is 516 g/mol. The first-order valence-corrected chi connectivity index (χ1v) is 12.1. The van der Waals surface area contributed by atoms with Gasteiger partial charge in [-0.15, -0.1) is 0 Å². The SMILES string of the molecule is CCC(C)C(NC(=O)C(Cc1ccccc1)NC(=O)C(N)Cc1cnc[nH]1)C(=O)NC(C(=O)O)C(C)O. The van der Waals surface area contributed by atoms with Gasteiger partial charge < -0.3 is 36.9 Å². The van der Waals surface area contributed by atoms with E-state index in [1.54, 1.807) is 37.4 Å². The molecule has 0 spiro atoms. The Labute approximate surface area is 215 Å². The fourth-order valence-corrected chi connectivity index (χ4v) is 3.65. The maximum absolute atomic E-state index is 13.4. The number of nitrogens with zero attached hydrogens (tertiary/aromatic N) is 1. The van der Waals surface area contributed by atoms with E-state index in [2.05, 4.69) is 25.9 Å². The van der Waals surface area contributed by atoms with Crippen LogP contribution in [0.25, 0.3) is 0 Å². The van der Waals surface area contributed by atoms with Crippen molar-refractivity contribution in [2.45, 2.75) is 70.3 Å². The summed E-state index contributed by atoms with van der Waals surface area (Å²) in [6.45, 7) is 4.79. The molecule has 12 heteroatoms. The quantitative estimate of drug-likeness (QED) is 0.174. The second-order valence-corrected chi connectivity index (χ2v) is 9.08. The van der Waals surface area contributed by atoms with Gasteiger partial charge >= 0.3 is 5.97 Å². The fourth-order valence-electron chi connectivity index (χ4n) is 3.65. The number of aromatic nitrogens is 2. The molecule has 0 aliphatic heterocycles. The number of carbonyl (C=O) groups is 4. The number of nitrogens with two attached hydrogens (primary N) is 1. The first-order chi connectivity index (χ1) is 17.5. The Morgan fingerprint density at radius 2 is 1.62 bits per heavy atom. The average Bonchev–Trinajstić information content (AvgIpc) is 3.37. The van der Waals surface area contributed by atoms with Crippen molar-refractivity contribution < 1.29 is 29.4 Å². The van der Waals surface area contributed by atoms with Gasteiger partial charge in [0.2, 0.25) is 17.7 Å². The fraction of sp³-hybridized carbons (Fsp3) is 0.480.